The van der Waals surface area contributed by atoms with Crippen molar-refractivity contribution in [3.05, 3.63) is 11.8 Å². The summed E-state index contributed by atoms with van der Waals surface area (Å²) in [4.78, 5) is 47.9. The summed E-state index contributed by atoms with van der Waals surface area (Å²) in [5, 5.41) is 5.02. The molecule has 21 heavy (non-hydrogen) atoms. The molecule has 0 aromatic rings. The van der Waals surface area contributed by atoms with Crippen LogP contribution in [0, 0.1) is 0 Å². The van der Waals surface area contributed by atoms with Gasteiger partial charge in [-0.1, -0.05) is 0 Å². The van der Waals surface area contributed by atoms with Gasteiger partial charge in [0.05, 0.1) is 0 Å². The maximum atomic E-state index is 12.2. The predicted octanol–water partition coefficient (Wildman–Crippen LogP) is -1.63. The van der Waals surface area contributed by atoms with E-state index in [1.54, 1.807) is 0 Å². The highest BCUT2D eigenvalue weighted by atomic mass is 16.2. The number of carbonyl (C=O) groups is 4. The molecule has 1 saturated heterocycles. The molecule has 2 aliphatic rings. The Labute approximate surface area is 121 Å². The minimum atomic E-state index is -0.915. The van der Waals surface area contributed by atoms with Crippen molar-refractivity contribution in [2.45, 2.75) is 31.7 Å². The Hall–Kier alpha value is -2.22. The van der Waals surface area contributed by atoms with E-state index in [0.29, 0.717) is 13.1 Å². The molecule has 2 heterocycles. The van der Waals surface area contributed by atoms with Crippen LogP contribution in [0.4, 0.5) is 0 Å². The van der Waals surface area contributed by atoms with Crippen molar-refractivity contribution < 1.29 is 19.2 Å². The summed E-state index contributed by atoms with van der Waals surface area (Å²) in [6.07, 6.45) is 3.07. The van der Waals surface area contributed by atoms with Gasteiger partial charge < -0.3 is 11.1 Å². The van der Waals surface area contributed by atoms with Gasteiger partial charge in [-0.15, -0.1) is 0 Å². The van der Waals surface area contributed by atoms with E-state index in [9.17, 15) is 19.2 Å². The first-order chi connectivity index (χ1) is 10.0. The van der Waals surface area contributed by atoms with Crippen molar-refractivity contribution in [1.29, 1.82) is 0 Å². The van der Waals surface area contributed by atoms with Crippen LogP contribution >= 0.6 is 0 Å². The SMILES string of the molecule is NCCCCNC1=CC(=O)N(C2CCC(=O)NC2=O)C1=O. The van der Waals surface area contributed by atoms with Crippen LogP contribution in [-0.4, -0.2) is 47.7 Å². The van der Waals surface area contributed by atoms with Crippen LogP contribution in [0.5, 0.6) is 0 Å². The zero-order valence-corrected chi connectivity index (χ0v) is 11.6. The molecule has 8 nitrogen and oxygen atoms in total. The van der Waals surface area contributed by atoms with Gasteiger partial charge >= 0.3 is 0 Å². The number of rotatable bonds is 6. The first-order valence-corrected chi connectivity index (χ1v) is 6.91. The summed E-state index contributed by atoms with van der Waals surface area (Å²) >= 11 is 0. The Balaban J connectivity index is 1.97. The molecule has 1 atom stereocenters. The van der Waals surface area contributed by atoms with Gasteiger partial charge in [-0.25, -0.2) is 0 Å². The van der Waals surface area contributed by atoms with Gasteiger partial charge in [-0.3, -0.25) is 29.4 Å². The molecule has 4 amide bonds. The van der Waals surface area contributed by atoms with Crippen LogP contribution in [0.3, 0.4) is 0 Å². The second-order valence-corrected chi connectivity index (χ2v) is 4.96. The van der Waals surface area contributed by atoms with Gasteiger partial charge in [0.15, 0.2) is 0 Å². The van der Waals surface area contributed by atoms with E-state index in [4.69, 9.17) is 5.73 Å². The minimum Gasteiger partial charge on any atom is -0.380 e. The lowest BCUT2D eigenvalue weighted by atomic mass is 10.0. The van der Waals surface area contributed by atoms with Crippen molar-refractivity contribution in [3.63, 3.8) is 0 Å². The van der Waals surface area contributed by atoms with Gasteiger partial charge in [-0.05, 0) is 25.8 Å². The standard InChI is InChI=1S/C13H18N4O4/c14-5-1-2-6-15-8-7-11(19)17(13(8)21)9-3-4-10(18)16-12(9)20/h7,9,15H,1-6,14H2,(H,16,18,20). The van der Waals surface area contributed by atoms with Gasteiger partial charge in [0.25, 0.3) is 11.8 Å². The van der Waals surface area contributed by atoms with E-state index in [2.05, 4.69) is 10.6 Å². The fraction of sp³-hybridized carbons (Fsp3) is 0.538. The van der Waals surface area contributed by atoms with Crippen molar-refractivity contribution >= 4 is 23.6 Å². The lowest BCUT2D eigenvalue weighted by Crippen LogP contribution is -2.54. The summed E-state index contributed by atoms with van der Waals surface area (Å²) in [7, 11) is 0. The topological polar surface area (TPSA) is 122 Å². The quantitative estimate of drug-likeness (QED) is 0.399. The number of amides is 4. The molecule has 0 aromatic carbocycles. The second kappa shape index (κ2) is 6.49. The van der Waals surface area contributed by atoms with E-state index < -0.39 is 23.8 Å². The van der Waals surface area contributed by atoms with Crippen LogP contribution in [0.1, 0.15) is 25.7 Å². The summed E-state index contributed by atoms with van der Waals surface area (Å²) < 4.78 is 0. The first kappa shape index (κ1) is 15.2. The Bertz CT molecular complexity index is 514. The molecule has 0 saturated carbocycles. The maximum Gasteiger partial charge on any atom is 0.277 e. The van der Waals surface area contributed by atoms with Gasteiger partial charge in [0, 0.05) is 19.0 Å². The first-order valence-electron chi connectivity index (χ1n) is 6.91. The van der Waals surface area contributed by atoms with E-state index in [1.165, 1.54) is 6.08 Å². The van der Waals surface area contributed by atoms with E-state index in [0.717, 1.165) is 17.7 Å². The third kappa shape index (κ3) is 3.27. The average molecular weight is 294 g/mol. The number of nitrogens with two attached hydrogens (primary N) is 1. The maximum absolute atomic E-state index is 12.2. The molecule has 1 fully saturated rings. The molecule has 114 valence electrons. The molecule has 0 bridgehead atoms. The van der Waals surface area contributed by atoms with Crippen molar-refractivity contribution in [1.82, 2.24) is 15.5 Å². The predicted molar refractivity (Wildman–Crippen MR) is 72.4 cm³/mol. The molecule has 0 aliphatic carbocycles. The third-order valence-corrected chi connectivity index (χ3v) is 3.42. The van der Waals surface area contributed by atoms with Gasteiger partial charge in [0.2, 0.25) is 11.8 Å². The molecule has 0 radical (unpaired) electrons. The van der Waals surface area contributed by atoms with E-state index in [1.807, 2.05) is 0 Å². The lowest BCUT2D eigenvalue weighted by Gasteiger charge is -2.28. The van der Waals surface area contributed by atoms with E-state index in [-0.39, 0.29) is 24.4 Å². The molecular formula is C13H18N4O4. The minimum absolute atomic E-state index is 0.118. The number of unbranched alkanes of at least 4 members (excludes halogenated alkanes) is 1. The fourth-order valence-corrected chi connectivity index (χ4v) is 2.33. The number of hydrogen-bond acceptors (Lipinski definition) is 6. The van der Waals surface area contributed by atoms with Crippen LogP contribution in [0.25, 0.3) is 0 Å². The smallest absolute Gasteiger partial charge is 0.277 e. The highest BCUT2D eigenvalue weighted by molar-refractivity contribution is 6.18. The van der Waals surface area contributed by atoms with E-state index >= 15 is 0 Å². The Morgan fingerprint density at radius 1 is 1.29 bits per heavy atom. The van der Waals surface area contributed by atoms with Crippen LogP contribution in [0.15, 0.2) is 11.8 Å². The Morgan fingerprint density at radius 3 is 2.71 bits per heavy atom. The molecular weight excluding hydrogens is 276 g/mol. The molecule has 1 unspecified atom stereocenters. The largest absolute Gasteiger partial charge is 0.380 e. The molecule has 0 spiro atoms. The highest BCUT2D eigenvalue weighted by Gasteiger charge is 2.42. The molecule has 2 rings (SSSR count). The van der Waals surface area contributed by atoms with Crippen LogP contribution < -0.4 is 16.4 Å². The Morgan fingerprint density at radius 2 is 2.05 bits per heavy atom. The van der Waals surface area contributed by atoms with Gasteiger partial charge in [0.1, 0.15) is 11.7 Å². The van der Waals surface area contributed by atoms with Crippen molar-refractivity contribution in [2.24, 2.45) is 5.73 Å². The van der Waals surface area contributed by atoms with Crippen molar-refractivity contribution in [2.75, 3.05) is 13.1 Å². The fourth-order valence-electron chi connectivity index (χ4n) is 2.33. The third-order valence-electron chi connectivity index (χ3n) is 3.42. The van der Waals surface area contributed by atoms with Crippen LogP contribution in [0.2, 0.25) is 0 Å². The number of nitrogens with one attached hydrogen (secondary N) is 2. The number of piperidine rings is 1. The zero-order chi connectivity index (χ0) is 15.4. The van der Waals surface area contributed by atoms with Crippen LogP contribution in [-0.2, 0) is 19.2 Å². The zero-order valence-electron chi connectivity index (χ0n) is 11.6. The monoisotopic (exact) mass is 294 g/mol. The van der Waals surface area contributed by atoms with Gasteiger partial charge in [-0.2, -0.15) is 0 Å². The number of nitrogens with zero attached hydrogens (tertiary/aromatic N) is 1. The molecule has 0 aromatic heterocycles. The summed E-state index contributed by atoms with van der Waals surface area (Å²) in [5.74, 6) is -2.05. The number of carbonyl (C=O) groups excluding carboxylic acids is 4. The number of imide groups is 2. The van der Waals surface area contributed by atoms with Crippen molar-refractivity contribution in [3.8, 4) is 0 Å². The molecule has 4 N–H and O–H groups in total. The normalized spacial score (nSPS) is 22.4. The molecule has 2 aliphatic heterocycles. The summed E-state index contributed by atoms with van der Waals surface area (Å²) in [6, 6.07) is -0.915. The second-order valence-electron chi connectivity index (χ2n) is 4.96. The summed E-state index contributed by atoms with van der Waals surface area (Å²) in [6.45, 7) is 1.10. The summed E-state index contributed by atoms with van der Waals surface area (Å²) in [5.41, 5.74) is 5.56. The Kier molecular flexibility index (Phi) is 4.69. The highest BCUT2D eigenvalue weighted by Crippen LogP contribution is 2.19. The molecule has 8 heteroatoms. The average Bonchev–Trinajstić information content (AvgIpc) is 2.71. The lowest BCUT2D eigenvalue weighted by molar-refractivity contribution is -0.149. The number of hydrogen-bond donors (Lipinski definition) is 3.